The van der Waals surface area contributed by atoms with Gasteiger partial charge in [0.05, 0.1) is 18.6 Å². The summed E-state index contributed by atoms with van der Waals surface area (Å²) in [6, 6.07) is 13.4. The lowest BCUT2D eigenvalue weighted by Gasteiger charge is -2.33. The molecule has 1 aromatic heterocycles. The molecule has 1 saturated heterocycles. The van der Waals surface area contributed by atoms with Gasteiger partial charge in [0.25, 0.3) is 0 Å². The van der Waals surface area contributed by atoms with Crippen LogP contribution in [0.2, 0.25) is 5.02 Å². The molecular formula is C25H25ClF3N3O6S2. The number of rotatable bonds is 7. The second-order valence-corrected chi connectivity index (χ2v) is 11.8. The standard InChI is InChI=1S/C23H24ClN3O4S2.C2HF3O2/c1-31-19-11-7-17(8-12-19)20-14-32-23(25-20)26-22(28)21-4-2-3-13-27(21)33(29,30)15-16-5-9-18(24)10-6-16;3-2(4,5)1(6)7/h5-12,14,21H,2-4,13,15H2,1H3,(H,25,26,28);(H,6,7)/t21-;/m1./s1. The topological polar surface area (TPSA) is 126 Å². The van der Waals surface area contributed by atoms with Crippen LogP contribution in [0.25, 0.3) is 11.3 Å². The van der Waals surface area contributed by atoms with Crippen molar-refractivity contribution in [2.45, 2.75) is 37.2 Å². The second-order valence-electron chi connectivity index (χ2n) is 8.56. The lowest BCUT2D eigenvalue weighted by atomic mass is 10.0. The highest BCUT2D eigenvalue weighted by atomic mass is 35.5. The molecule has 1 fully saturated rings. The van der Waals surface area contributed by atoms with Crippen LogP contribution in [0.4, 0.5) is 18.3 Å². The molecule has 3 aromatic rings. The Morgan fingerprint density at radius 1 is 1.15 bits per heavy atom. The minimum absolute atomic E-state index is 0.174. The van der Waals surface area contributed by atoms with Crippen molar-refractivity contribution in [2.75, 3.05) is 19.0 Å². The number of ether oxygens (including phenoxy) is 1. The fourth-order valence-corrected chi connectivity index (χ4v) is 6.41. The molecule has 0 saturated carbocycles. The number of anilines is 1. The summed E-state index contributed by atoms with van der Waals surface area (Å²) in [5.41, 5.74) is 2.26. The van der Waals surface area contributed by atoms with Crippen LogP contribution in [0.3, 0.4) is 0 Å². The number of hydrogen-bond acceptors (Lipinski definition) is 7. The summed E-state index contributed by atoms with van der Waals surface area (Å²) in [4.78, 5) is 26.5. The highest BCUT2D eigenvalue weighted by Crippen LogP contribution is 2.28. The van der Waals surface area contributed by atoms with Gasteiger partial charge in [-0.25, -0.2) is 18.2 Å². The third kappa shape index (κ3) is 8.65. The number of nitrogens with one attached hydrogen (secondary N) is 1. The van der Waals surface area contributed by atoms with Gasteiger partial charge in [-0.3, -0.25) is 4.79 Å². The quantitative estimate of drug-likeness (QED) is 0.361. The molecular weight excluding hydrogens is 595 g/mol. The number of halogens is 4. The molecule has 2 N–H and O–H groups in total. The van der Waals surface area contributed by atoms with Crippen LogP contribution in [0.1, 0.15) is 24.8 Å². The minimum atomic E-state index is -5.08. The number of piperidine rings is 1. The summed E-state index contributed by atoms with van der Waals surface area (Å²) in [7, 11) is -2.07. The number of carboxylic acids is 1. The number of alkyl halides is 3. The lowest BCUT2D eigenvalue weighted by molar-refractivity contribution is -0.192. The second kappa shape index (κ2) is 13.4. The van der Waals surface area contributed by atoms with Crippen molar-refractivity contribution in [3.8, 4) is 17.0 Å². The fraction of sp³-hybridized carbons (Fsp3) is 0.320. The summed E-state index contributed by atoms with van der Waals surface area (Å²) in [5.74, 6) is -2.54. The maximum Gasteiger partial charge on any atom is 0.490 e. The number of benzene rings is 2. The number of aromatic nitrogens is 1. The first kappa shape index (κ1) is 31.3. The first-order valence-electron chi connectivity index (χ1n) is 11.7. The van der Waals surface area contributed by atoms with E-state index in [4.69, 9.17) is 26.2 Å². The predicted molar refractivity (Wildman–Crippen MR) is 145 cm³/mol. The molecule has 0 unspecified atom stereocenters. The van der Waals surface area contributed by atoms with Crippen LogP contribution in [-0.4, -0.2) is 60.6 Å². The van der Waals surface area contributed by atoms with E-state index in [1.165, 1.54) is 15.6 Å². The Kier molecular flexibility index (Phi) is 10.5. The van der Waals surface area contributed by atoms with E-state index >= 15 is 0 Å². The van der Waals surface area contributed by atoms with E-state index in [0.717, 1.165) is 29.8 Å². The minimum Gasteiger partial charge on any atom is -0.497 e. The van der Waals surface area contributed by atoms with Gasteiger partial charge in [-0.2, -0.15) is 17.5 Å². The first-order valence-corrected chi connectivity index (χ1v) is 14.6. The smallest absolute Gasteiger partial charge is 0.490 e. The molecule has 0 bridgehead atoms. The zero-order valence-corrected chi connectivity index (χ0v) is 23.4. The van der Waals surface area contributed by atoms with E-state index in [-0.39, 0.29) is 11.7 Å². The summed E-state index contributed by atoms with van der Waals surface area (Å²) < 4.78 is 64.5. The summed E-state index contributed by atoms with van der Waals surface area (Å²) >= 11 is 7.21. The first-order chi connectivity index (χ1) is 18.8. The fourth-order valence-electron chi connectivity index (χ4n) is 3.79. The van der Waals surface area contributed by atoms with Crippen LogP contribution in [0.15, 0.2) is 53.9 Å². The van der Waals surface area contributed by atoms with E-state index in [2.05, 4.69) is 10.3 Å². The van der Waals surface area contributed by atoms with Crippen molar-refractivity contribution in [3.63, 3.8) is 0 Å². The molecule has 216 valence electrons. The normalized spacial score (nSPS) is 16.0. The summed E-state index contributed by atoms with van der Waals surface area (Å²) in [6.07, 6.45) is -3.09. The average Bonchev–Trinajstić information content (AvgIpc) is 3.38. The Morgan fingerprint density at radius 3 is 2.35 bits per heavy atom. The number of amides is 1. The van der Waals surface area contributed by atoms with Gasteiger partial charge in [0, 0.05) is 22.5 Å². The molecule has 2 heterocycles. The predicted octanol–water partition coefficient (Wildman–Crippen LogP) is 5.43. The highest BCUT2D eigenvalue weighted by Gasteiger charge is 2.38. The zero-order chi connectivity index (χ0) is 29.5. The Hall–Kier alpha value is -3.20. The highest BCUT2D eigenvalue weighted by molar-refractivity contribution is 7.88. The molecule has 1 aliphatic rings. The Balaban J connectivity index is 0.000000559. The Labute approximate surface area is 237 Å². The monoisotopic (exact) mass is 619 g/mol. The van der Waals surface area contributed by atoms with E-state index in [9.17, 15) is 26.4 Å². The van der Waals surface area contributed by atoms with Crippen molar-refractivity contribution in [1.82, 2.24) is 9.29 Å². The third-order valence-electron chi connectivity index (χ3n) is 5.74. The summed E-state index contributed by atoms with van der Waals surface area (Å²) in [5, 5.41) is 12.8. The van der Waals surface area contributed by atoms with Gasteiger partial charge in [0.1, 0.15) is 11.8 Å². The Morgan fingerprint density at radius 2 is 1.77 bits per heavy atom. The van der Waals surface area contributed by atoms with Crippen LogP contribution in [0.5, 0.6) is 5.75 Å². The van der Waals surface area contributed by atoms with Crippen molar-refractivity contribution in [2.24, 2.45) is 0 Å². The van der Waals surface area contributed by atoms with Crippen LogP contribution in [0, 0.1) is 0 Å². The van der Waals surface area contributed by atoms with Gasteiger partial charge < -0.3 is 15.2 Å². The number of thiazole rings is 1. The van der Waals surface area contributed by atoms with Gasteiger partial charge >= 0.3 is 12.1 Å². The van der Waals surface area contributed by atoms with Crippen LogP contribution < -0.4 is 10.1 Å². The molecule has 40 heavy (non-hydrogen) atoms. The van der Waals surface area contributed by atoms with E-state index < -0.39 is 28.2 Å². The molecule has 0 radical (unpaired) electrons. The molecule has 0 aliphatic carbocycles. The molecule has 1 atom stereocenters. The van der Waals surface area contributed by atoms with E-state index in [1.807, 2.05) is 29.6 Å². The number of sulfonamides is 1. The van der Waals surface area contributed by atoms with E-state index in [0.29, 0.717) is 28.7 Å². The molecule has 1 amide bonds. The van der Waals surface area contributed by atoms with Gasteiger partial charge in [0.15, 0.2) is 5.13 Å². The summed E-state index contributed by atoms with van der Waals surface area (Å²) in [6.45, 7) is 0.322. The molecule has 0 spiro atoms. The number of carbonyl (C=O) groups is 2. The number of methoxy groups -OCH3 is 1. The van der Waals surface area contributed by atoms with Gasteiger partial charge in [-0.1, -0.05) is 30.2 Å². The molecule has 9 nitrogen and oxygen atoms in total. The molecule has 4 rings (SSSR count). The van der Waals surface area contributed by atoms with Crippen molar-refractivity contribution in [3.05, 3.63) is 64.5 Å². The van der Waals surface area contributed by atoms with Gasteiger partial charge in [-0.05, 0) is 54.8 Å². The van der Waals surface area contributed by atoms with Crippen molar-refractivity contribution < 1.29 is 41.0 Å². The third-order valence-corrected chi connectivity index (χ3v) is 8.60. The largest absolute Gasteiger partial charge is 0.497 e. The number of nitrogens with zero attached hydrogens (tertiary/aromatic N) is 2. The van der Waals surface area contributed by atoms with Gasteiger partial charge in [-0.15, -0.1) is 11.3 Å². The molecule has 1 aliphatic heterocycles. The number of aliphatic carboxylic acids is 1. The Bertz CT molecular complexity index is 1410. The van der Waals surface area contributed by atoms with Crippen molar-refractivity contribution >= 4 is 50.0 Å². The number of carbonyl (C=O) groups excluding carboxylic acids is 1. The number of hydrogen-bond donors (Lipinski definition) is 2. The molecule has 15 heteroatoms. The van der Waals surface area contributed by atoms with Gasteiger partial charge in [0.2, 0.25) is 15.9 Å². The van der Waals surface area contributed by atoms with Crippen LogP contribution in [-0.2, 0) is 25.4 Å². The molecule has 2 aromatic carbocycles. The maximum absolute atomic E-state index is 13.1. The van der Waals surface area contributed by atoms with Crippen molar-refractivity contribution in [1.29, 1.82) is 0 Å². The average molecular weight is 620 g/mol. The SMILES string of the molecule is COc1ccc(-c2csc(NC(=O)[C@H]3CCCCN3S(=O)(=O)Cc3ccc(Cl)cc3)n2)cc1.O=C(O)C(F)(F)F. The lowest BCUT2D eigenvalue weighted by Crippen LogP contribution is -2.50. The zero-order valence-electron chi connectivity index (χ0n) is 21.0. The van der Waals surface area contributed by atoms with E-state index in [1.54, 1.807) is 31.4 Å². The maximum atomic E-state index is 13.1. The van der Waals surface area contributed by atoms with Crippen LogP contribution >= 0.6 is 22.9 Å². The number of carboxylic acid groups (broad SMARTS) is 1.